The molecule has 0 atom stereocenters. The molecule has 15 heavy (non-hydrogen) atoms. The first-order valence-corrected chi connectivity index (χ1v) is 6.34. The molecule has 0 aliphatic heterocycles. The summed E-state index contributed by atoms with van der Waals surface area (Å²) in [5.41, 5.74) is 0. The second-order valence-electron chi connectivity index (χ2n) is 5.55. The van der Waals surface area contributed by atoms with Crippen molar-refractivity contribution in [2.24, 2.45) is 0 Å². The number of hydrogen-bond acceptors (Lipinski definition) is 1. The maximum absolute atomic E-state index is 10.7. The Labute approximate surface area is 106 Å². The minimum atomic E-state index is -0.875. The van der Waals surface area contributed by atoms with Crippen LogP contribution in [0.5, 0.6) is 0 Å². The molecule has 0 saturated carbocycles. The Bertz CT molecular complexity index is 178. The van der Waals surface area contributed by atoms with Gasteiger partial charge in [-0.2, -0.15) is 0 Å². The SMILES string of the molecule is CC(C)(C)[PH+](CC(=O)O)C(C)(C)C.[CH3-].[Ni]. The van der Waals surface area contributed by atoms with Gasteiger partial charge in [-0.15, -0.1) is 0 Å². The quantitative estimate of drug-likeness (QED) is 0.478. The molecule has 0 aliphatic carbocycles. The van der Waals surface area contributed by atoms with Gasteiger partial charge in [-0.1, -0.05) is 0 Å². The van der Waals surface area contributed by atoms with Gasteiger partial charge in [0.05, 0.1) is 10.3 Å². The largest absolute Gasteiger partial charge is 0.479 e. The van der Waals surface area contributed by atoms with Crippen LogP contribution in [0.2, 0.25) is 0 Å². The van der Waals surface area contributed by atoms with E-state index in [1.807, 2.05) is 0 Å². The molecule has 0 aromatic rings. The number of carboxylic acids is 1. The average Bonchev–Trinajstić information content (AvgIpc) is 1.77. The molecular formula is C11H25NiO2P. The third-order valence-electron chi connectivity index (χ3n) is 2.14. The van der Waals surface area contributed by atoms with E-state index in [0.29, 0.717) is 6.16 Å². The number of carboxylic acid groups (broad SMARTS) is 1. The summed E-state index contributed by atoms with van der Waals surface area (Å²) < 4.78 is 0. The predicted octanol–water partition coefficient (Wildman–Crippen LogP) is 3.33. The predicted molar refractivity (Wildman–Crippen MR) is 66.7 cm³/mol. The van der Waals surface area contributed by atoms with Gasteiger partial charge in [-0.05, 0) is 41.5 Å². The fourth-order valence-corrected chi connectivity index (χ4v) is 5.42. The van der Waals surface area contributed by atoms with Gasteiger partial charge in [-0.25, -0.2) is 4.79 Å². The number of carbonyl (C=O) groups is 1. The van der Waals surface area contributed by atoms with Crippen LogP contribution in [0.25, 0.3) is 0 Å². The Kier molecular flexibility index (Phi) is 9.50. The van der Waals surface area contributed by atoms with Gasteiger partial charge in [0.1, 0.15) is 0 Å². The van der Waals surface area contributed by atoms with Crippen LogP contribution in [0, 0.1) is 7.43 Å². The van der Waals surface area contributed by atoms with Crippen LogP contribution in [0.1, 0.15) is 41.5 Å². The summed E-state index contributed by atoms with van der Waals surface area (Å²) in [5.74, 6) is -0.654. The first kappa shape index (κ1) is 20.8. The van der Waals surface area contributed by atoms with Gasteiger partial charge in [0.25, 0.3) is 0 Å². The van der Waals surface area contributed by atoms with E-state index in [1.54, 1.807) is 0 Å². The van der Waals surface area contributed by atoms with Gasteiger partial charge in [-0.3, -0.25) is 0 Å². The molecule has 2 nitrogen and oxygen atoms in total. The van der Waals surface area contributed by atoms with Crippen LogP contribution < -0.4 is 0 Å². The van der Waals surface area contributed by atoms with Crippen molar-refractivity contribution < 1.29 is 26.4 Å². The first-order chi connectivity index (χ1) is 5.55. The monoisotopic (exact) mass is 278 g/mol. The van der Waals surface area contributed by atoms with Crippen LogP contribution in [0.15, 0.2) is 0 Å². The molecule has 0 bridgehead atoms. The van der Waals surface area contributed by atoms with Gasteiger partial charge in [0.2, 0.25) is 0 Å². The van der Waals surface area contributed by atoms with E-state index in [2.05, 4.69) is 41.5 Å². The molecule has 0 fully saturated rings. The smallest absolute Gasteiger partial charge is 0.341 e. The Morgan fingerprint density at radius 1 is 1.07 bits per heavy atom. The summed E-state index contributed by atoms with van der Waals surface area (Å²) in [4.78, 5) is 10.7. The molecule has 0 unspecified atom stereocenters. The number of rotatable bonds is 2. The molecule has 1 N–H and O–H groups in total. The molecule has 0 spiro atoms. The van der Waals surface area contributed by atoms with Crippen molar-refractivity contribution >= 4 is 13.9 Å². The van der Waals surface area contributed by atoms with E-state index >= 15 is 0 Å². The second-order valence-corrected chi connectivity index (χ2v) is 9.86. The van der Waals surface area contributed by atoms with E-state index in [1.165, 1.54) is 0 Å². The summed E-state index contributed by atoms with van der Waals surface area (Å²) in [6.07, 6.45) is 0.359. The second kappa shape index (κ2) is 6.87. The zero-order valence-electron chi connectivity index (χ0n) is 10.9. The van der Waals surface area contributed by atoms with Crippen molar-refractivity contribution in [2.45, 2.75) is 51.9 Å². The summed E-state index contributed by atoms with van der Waals surface area (Å²) in [6, 6.07) is 0. The summed E-state index contributed by atoms with van der Waals surface area (Å²) in [7, 11) is -0.875. The third-order valence-corrected chi connectivity index (χ3v) is 6.42. The molecule has 0 heterocycles. The van der Waals surface area contributed by atoms with Crippen molar-refractivity contribution in [1.82, 2.24) is 0 Å². The van der Waals surface area contributed by atoms with Crippen LogP contribution in [-0.2, 0) is 21.3 Å². The van der Waals surface area contributed by atoms with E-state index in [0.717, 1.165) is 0 Å². The Balaban J connectivity index is -0.000000720. The van der Waals surface area contributed by atoms with Crippen LogP contribution in [0.3, 0.4) is 0 Å². The third kappa shape index (κ3) is 8.23. The van der Waals surface area contributed by atoms with Crippen molar-refractivity contribution in [1.29, 1.82) is 0 Å². The molecule has 0 aromatic heterocycles. The van der Waals surface area contributed by atoms with Crippen molar-refractivity contribution in [3.05, 3.63) is 7.43 Å². The molecule has 0 aromatic carbocycles. The molecule has 0 rings (SSSR count). The Morgan fingerprint density at radius 3 is 1.40 bits per heavy atom. The van der Waals surface area contributed by atoms with Crippen molar-refractivity contribution in [3.8, 4) is 0 Å². The van der Waals surface area contributed by atoms with Gasteiger partial charge >= 0.3 is 5.97 Å². The van der Waals surface area contributed by atoms with Crippen LogP contribution >= 0.6 is 7.92 Å². The molecule has 0 radical (unpaired) electrons. The Hall–Kier alpha value is 0.394. The van der Waals surface area contributed by atoms with E-state index in [9.17, 15) is 4.79 Å². The molecular weight excluding hydrogens is 254 g/mol. The van der Waals surface area contributed by atoms with E-state index in [-0.39, 0.29) is 34.2 Å². The van der Waals surface area contributed by atoms with Crippen molar-refractivity contribution in [2.75, 3.05) is 6.16 Å². The molecule has 0 aliphatic rings. The molecule has 0 saturated heterocycles. The molecule has 96 valence electrons. The number of hydrogen-bond donors (Lipinski definition) is 1. The van der Waals surface area contributed by atoms with E-state index in [4.69, 9.17) is 5.11 Å². The summed E-state index contributed by atoms with van der Waals surface area (Å²) in [6.45, 7) is 12.9. The normalized spacial score (nSPS) is 11.7. The standard InChI is InChI=1S/C10H21O2P.CH3.Ni/c1-9(2,3)13(7-8(11)12)10(4,5)6;;/h7H2,1-6H3,(H,11,12);1H3;/q;-1;/p+1. The summed E-state index contributed by atoms with van der Waals surface area (Å²) >= 11 is 0. The zero-order chi connectivity index (χ0) is 10.9. The maximum atomic E-state index is 10.7. The van der Waals surface area contributed by atoms with Crippen LogP contribution in [0.4, 0.5) is 0 Å². The maximum Gasteiger partial charge on any atom is 0.341 e. The minimum Gasteiger partial charge on any atom is -0.479 e. The number of aliphatic carboxylic acids is 1. The minimum absolute atomic E-state index is 0. The first-order valence-electron chi connectivity index (χ1n) is 4.63. The van der Waals surface area contributed by atoms with Gasteiger partial charge in [0, 0.05) is 24.4 Å². The summed E-state index contributed by atoms with van der Waals surface area (Å²) in [5, 5.41) is 9.14. The van der Waals surface area contributed by atoms with E-state index < -0.39 is 13.9 Å². The van der Waals surface area contributed by atoms with Gasteiger partial charge < -0.3 is 12.5 Å². The van der Waals surface area contributed by atoms with Gasteiger partial charge in [0.15, 0.2) is 6.16 Å². The molecule has 0 amide bonds. The fraction of sp³-hybridized carbons (Fsp3) is 0.818. The fourth-order valence-electron chi connectivity index (χ4n) is 1.81. The average molecular weight is 279 g/mol. The molecule has 4 heteroatoms. The van der Waals surface area contributed by atoms with Crippen LogP contribution in [-0.4, -0.2) is 27.5 Å². The topological polar surface area (TPSA) is 37.3 Å². The Morgan fingerprint density at radius 2 is 1.33 bits per heavy atom. The zero-order valence-corrected chi connectivity index (χ0v) is 12.9. The van der Waals surface area contributed by atoms with Crippen molar-refractivity contribution in [3.63, 3.8) is 0 Å².